The van der Waals surface area contributed by atoms with Crippen LogP contribution in [0.4, 0.5) is 0 Å². The van der Waals surface area contributed by atoms with E-state index in [1.165, 1.54) is 0 Å². The van der Waals surface area contributed by atoms with Crippen LogP contribution in [-0.4, -0.2) is 38.7 Å². The van der Waals surface area contributed by atoms with Crippen molar-refractivity contribution in [3.63, 3.8) is 0 Å². The van der Waals surface area contributed by atoms with E-state index in [2.05, 4.69) is 16.3 Å². The van der Waals surface area contributed by atoms with Crippen LogP contribution in [0.1, 0.15) is 0 Å². The molecule has 0 aromatic carbocycles. The molecule has 0 atom stereocenters. The fourth-order valence-corrected chi connectivity index (χ4v) is 86.5. The molecule has 0 saturated heterocycles. The van der Waals surface area contributed by atoms with Crippen LogP contribution in [0.15, 0.2) is 0 Å². The van der Waals surface area contributed by atoms with Gasteiger partial charge in [0.15, 0.2) is 0 Å². The first-order valence-corrected chi connectivity index (χ1v) is 60.4. The molecular formula is H34N6O41W12. The first-order chi connectivity index (χ1) is 19.7. The predicted molar refractivity (Wildman–Crippen MR) is 79.4 cm³/mol. The number of rotatable bonds is 16. The van der Waals surface area contributed by atoms with Gasteiger partial charge < -0.3 is 64.3 Å². The molecule has 0 aliphatic heterocycles. The summed E-state index contributed by atoms with van der Waals surface area (Å²) in [5.74, 6) is 0. The first kappa shape index (κ1) is 104. The van der Waals surface area contributed by atoms with Gasteiger partial charge in [-0.15, -0.1) is 0 Å². The molecule has 0 saturated carbocycles. The van der Waals surface area contributed by atoms with E-state index >= 15 is 0 Å². The van der Waals surface area contributed by atoms with E-state index in [9.17, 15) is 86.0 Å². The van der Waals surface area contributed by atoms with Crippen LogP contribution in [0.3, 0.4) is 0 Å². The van der Waals surface area contributed by atoms with Gasteiger partial charge in [-0.1, -0.05) is 0 Å². The van der Waals surface area contributed by atoms with Gasteiger partial charge in [-0.2, -0.15) is 0 Å². The predicted octanol–water partition coefficient (Wildman–Crippen LogP) is -8.35. The Hall–Kier alpha value is 2.86. The van der Waals surface area contributed by atoms with Crippen molar-refractivity contribution < 1.29 is 346 Å². The Labute approximate surface area is 377 Å². The van der Waals surface area contributed by atoms with Gasteiger partial charge in [0.2, 0.25) is 0 Å². The molecule has 0 fully saturated rings. The van der Waals surface area contributed by atoms with Crippen LogP contribution >= 0.6 is 0 Å². The molecule has 0 aromatic heterocycles. The summed E-state index contributed by atoms with van der Waals surface area (Å²) in [4.78, 5) is 0. The first-order valence-electron chi connectivity index (χ1n) is 7.38. The molecule has 0 unspecified atom stereocenters. The molecule has 0 amide bonds. The van der Waals surface area contributed by atoms with Crippen LogP contribution in [-0.2, 0) is 296 Å². The monoisotopic (exact) mass is 2980 g/mol. The Morgan fingerprint density at radius 3 is 0.475 bits per heavy atom. The van der Waals surface area contributed by atoms with Crippen molar-refractivity contribution in [3.8, 4) is 0 Å². The van der Waals surface area contributed by atoms with E-state index in [1.54, 1.807) is 0 Å². The summed E-state index contributed by atoms with van der Waals surface area (Å²) in [6, 6.07) is 0. The van der Waals surface area contributed by atoms with Crippen LogP contribution in [0.2, 0.25) is 0 Å². The maximum absolute atomic E-state index is 10.6. The average Bonchev–Trinajstić information content (AvgIpc) is 2.44. The minimum atomic E-state index is -7.19. The molecule has 34 N–H and O–H groups in total. The van der Waals surface area contributed by atoms with Gasteiger partial charge in [-0.25, -0.2) is 0 Å². The molecular weight excluding hydrogens is 2950 g/mol. The van der Waals surface area contributed by atoms with Crippen molar-refractivity contribution >= 4 is 0 Å². The van der Waals surface area contributed by atoms with Crippen molar-refractivity contribution in [2.75, 3.05) is 0 Å². The Morgan fingerprint density at radius 2 is 0.373 bits per heavy atom. The Balaban J connectivity index is -0.0000000346. The molecule has 382 valence electrons. The minimum Gasteiger partial charge on any atom is 0 e. The smallest absolute Gasteiger partial charge is 0 e. The number of hydrogen-bond donors (Lipinski definition) is 9. The summed E-state index contributed by atoms with van der Waals surface area (Å²) < 4.78 is 302. The topological polar surface area (TPSA) is 951 Å². The molecule has 47 nitrogen and oxygen atoms in total. The molecule has 59 heteroatoms. The summed E-state index contributed by atoms with van der Waals surface area (Å²) in [5.41, 5.74) is 0. The zero-order chi connectivity index (χ0) is 39.2. The molecule has 0 aliphatic rings. The minimum absolute atomic E-state index is 0. The summed E-state index contributed by atoms with van der Waals surface area (Å²) in [7, 11) is 0. The zero-order valence-corrected chi connectivity index (χ0v) is 63.3. The van der Waals surface area contributed by atoms with Gasteiger partial charge in [0, 0.05) is 21.1 Å². The SMILES string of the molecule is O.O.[NH4+].[NH4+].[NH4+].[NH4+].[NH4+].[NH4+].[OH-].[OH-].[OH-].[O]=[W](=[O])([O-])[O][W](=[O])(=[O])[O][W](=[O])(=[O])[OH].[O]=[W](=[O])([O-])[O][W](=[O])(=[O])[O][W](=[O])(=[O])[O][W](=[O])(=[O])[OH].[O]=[W](=[O])([O-])[O][W](=[O])(=[O])[O][W](=[O])(=[O])[O][W](=[O])(=[O])[OH].[W]. The van der Waals surface area contributed by atoms with E-state index in [1.807, 2.05) is 0 Å². The molecule has 0 aliphatic carbocycles. The molecule has 0 bridgehead atoms. The average molecular weight is 2980 g/mol. The summed E-state index contributed by atoms with van der Waals surface area (Å²) in [5, 5.41) is 0. The second-order valence-electron chi connectivity index (χ2n) is 5.09. The largest absolute Gasteiger partial charge is 0 e. The van der Waals surface area contributed by atoms with Crippen LogP contribution in [0.5, 0.6) is 0 Å². The van der Waals surface area contributed by atoms with Crippen molar-refractivity contribution in [3.05, 3.63) is 0 Å². The van der Waals surface area contributed by atoms with Gasteiger partial charge >= 0.3 is 298 Å². The van der Waals surface area contributed by atoms with Crippen LogP contribution in [0, 0.1) is 0 Å². The maximum Gasteiger partial charge on any atom is 0 e. The van der Waals surface area contributed by atoms with Gasteiger partial charge in [-0.05, 0) is 0 Å². The van der Waals surface area contributed by atoms with Crippen LogP contribution in [0.25, 0.3) is 0 Å². The van der Waals surface area contributed by atoms with Crippen molar-refractivity contribution in [1.29, 1.82) is 0 Å². The Morgan fingerprint density at radius 1 is 0.271 bits per heavy atom. The van der Waals surface area contributed by atoms with Gasteiger partial charge in [0.1, 0.15) is 0 Å². The fraction of sp³-hybridized carbons (Fsp3) is 0. The summed E-state index contributed by atoms with van der Waals surface area (Å²) in [6.07, 6.45) is 0. The van der Waals surface area contributed by atoms with E-state index in [0.29, 0.717) is 0 Å². The van der Waals surface area contributed by atoms with E-state index in [4.69, 9.17) is 11.3 Å². The molecule has 0 radical (unpaired) electrons. The summed E-state index contributed by atoms with van der Waals surface area (Å²) >= 11 is -76.7. The van der Waals surface area contributed by atoms with E-state index in [-0.39, 0.29) is 85.3 Å². The maximum atomic E-state index is 10.6. The fourth-order valence-electron chi connectivity index (χ4n) is 0.883. The van der Waals surface area contributed by atoms with Crippen molar-refractivity contribution in [1.82, 2.24) is 36.9 Å². The van der Waals surface area contributed by atoms with Gasteiger partial charge in [-0.3, -0.25) is 0 Å². The zero-order valence-electron chi connectivity index (χ0n) is 28.1. The van der Waals surface area contributed by atoms with Crippen molar-refractivity contribution in [2.24, 2.45) is 0 Å². The van der Waals surface area contributed by atoms with Crippen LogP contribution < -0.4 is 48.2 Å². The standard InChI is InChI=1S/6H3N.8H2O.33O.12W/h6*1H3;8*1H2;;;;;;;;;;;;;;;;;;;;;;;;;;;;;;;;;;;;;;;;;;;;;/q;;;;;;;;;;;;;;;;;;;;;;;;;;;;;;;;;;;;;;;;;;;;3*-1;;;;;;;;;;3*+1. The second kappa shape index (κ2) is 36.9. The number of hydrogen-bond acceptors (Lipinski definition) is 36. The number of quaternary nitrogens is 6. The second-order valence-corrected chi connectivity index (χ2v) is 73.7. The third-order valence-electron chi connectivity index (χ3n) is 1.34. The Kier molecular flexibility index (Phi) is 65.3. The third-order valence-corrected chi connectivity index (χ3v) is 89.9. The molecule has 0 heterocycles. The molecule has 0 aromatic rings. The quantitative estimate of drug-likeness (QED) is 0.0693. The van der Waals surface area contributed by atoms with Gasteiger partial charge in [0.25, 0.3) is 0 Å². The molecule has 0 rings (SSSR count). The molecule has 0 spiro atoms. The molecule has 59 heavy (non-hydrogen) atoms. The normalized spacial score (nSPS) is 11.6. The van der Waals surface area contributed by atoms with E-state index < -0.39 is 184 Å². The Bertz CT molecular complexity index is 2070. The van der Waals surface area contributed by atoms with Crippen molar-refractivity contribution in [2.45, 2.75) is 0 Å². The van der Waals surface area contributed by atoms with Gasteiger partial charge in [0.05, 0.1) is 0 Å². The third kappa shape index (κ3) is 81.5. The summed E-state index contributed by atoms with van der Waals surface area (Å²) in [6.45, 7) is 0. The van der Waals surface area contributed by atoms with E-state index in [0.717, 1.165) is 0 Å².